The number of ether oxygens (including phenoxy) is 1. The Hall–Kier alpha value is -0.570. The monoisotopic (exact) mass is 272 g/mol. The lowest BCUT2D eigenvalue weighted by Gasteiger charge is -2.37. The van der Waals surface area contributed by atoms with Crippen LogP contribution in [0, 0.1) is 17.8 Å². The quantitative estimate of drug-likeness (QED) is 0.650. The van der Waals surface area contributed by atoms with Crippen LogP contribution in [-0.4, -0.2) is 23.3 Å². The van der Waals surface area contributed by atoms with E-state index >= 15 is 0 Å². The van der Waals surface area contributed by atoms with Crippen LogP contribution in [0.4, 0.5) is 0 Å². The third-order valence-corrected chi connectivity index (χ3v) is 3.32. The fraction of sp³-hybridized carbons (Fsp3) is 0.938. The molecule has 0 fully saturated rings. The van der Waals surface area contributed by atoms with Crippen LogP contribution < -0.4 is 0 Å². The lowest BCUT2D eigenvalue weighted by molar-refractivity contribution is -0.162. The van der Waals surface area contributed by atoms with Crippen LogP contribution in [-0.2, 0) is 9.53 Å². The SMILES string of the molecule is CCCC(C(=O)OCC)C(O)(CC(C)C)CC(C)C. The van der Waals surface area contributed by atoms with Gasteiger partial charge in [0, 0.05) is 0 Å². The third-order valence-electron chi connectivity index (χ3n) is 3.32. The van der Waals surface area contributed by atoms with E-state index in [1.165, 1.54) is 0 Å². The number of hydrogen-bond acceptors (Lipinski definition) is 3. The molecule has 1 N–H and O–H groups in total. The molecule has 0 saturated heterocycles. The number of carbonyl (C=O) groups excluding carboxylic acids is 1. The second-order valence-corrected chi connectivity index (χ2v) is 6.39. The molecule has 1 atom stereocenters. The zero-order valence-corrected chi connectivity index (χ0v) is 13.5. The van der Waals surface area contributed by atoms with Gasteiger partial charge in [0.15, 0.2) is 0 Å². The van der Waals surface area contributed by atoms with Crippen LogP contribution in [0.3, 0.4) is 0 Å². The highest BCUT2D eigenvalue weighted by molar-refractivity contribution is 5.73. The van der Waals surface area contributed by atoms with Gasteiger partial charge in [0.25, 0.3) is 0 Å². The van der Waals surface area contributed by atoms with Gasteiger partial charge in [-0.25, -0.2) is 0 Å². The van der Waals surface area contributed by atoms with Gasteiger partial charge in [-0.15, -0.1) is 0 Å². The van der Waals surface area contributed by atoms with Crippen molar-refractivity contribution >= 4 is 5.97 Å². The first-order valence-corrected chi connectivity index (χ1v) is 7.65. The summed E-state index contributed by atoms with van der Waals surface area (Å²) in [6.45, 7) is 12.6. The first-order chi connectivity index (χ1) is 8.76. The Morgan fingerprint density at radius 2 is 1.58 bits per heavy atom. The van der Waals surface area contributed by atoms with Gasteiger partial charge in [-0.3, -0.25) is 4.79 Å². The maximum absolute atomic E-state index is 12.2. The molecule has 0 spiro atoms. The molecule has 0 radical (unpaired) electrons. The minimum Gasteiger partial charge on any atom is -0.466 e. The van der Waals surface area contributed by atoms with Gasteiger partial charge in [-0.1, -0.05) is 41.0 Å². The first-order valence-electron chi connectivity index (χ1n) is 7.65. The van der Waals surface area contributed by atoms with Gasteiger partial charge in [0.1, 0.15) is 0 Å². The highest BCUT2D eigenvalue weighted by Crippen LogP contribution is 2.35. The Morgan fingerprint density at radius 3 is 1.89 bits per heavy atom. The lowest BCUT2D eigenvalue weighted by atomic mass is 9.74. The van der Waals surface area contributed by atoms with Crippen LogP contribution in [0.1, 0.15) is 67.2 Å². The van der Waals surface area contributed by atoms with Crippen molar-refractivity contribution in [2.45, 2.75) is 72.8 Å². The van der Waals surface area contributed by atoms with Crippen molar-refractivity contribution < 1.29 is 14.6 Å². The number of hydrogen-bond donors (Lipinski definition) is 1. The van der Waals surface area contributed by atoms with E-state index in [-0.39, 0.29) is 5.97 Å². The van der Waals surface area contributed by atoms with Crippen molar-refractivity contribution in [2.24, 2.45) is 17.8 Å². The first kappa shape index (κ1) is 18.4. The van der Waals surface area contributed by atoms with Crippen molar-refractivity contribution in [1.82, 2.24) is 0 Å². The molecule has 0 aliphatic heterocycles. The molecule has 3 nitrogen and oxygen atoms in total. The fourth-order valence-electron chi connectivity index (χ4n) is 2.92. The summed E-state index contributed by atoms with van der Waals surface area (Å²) in [7, 11) is 0. The zero-order chi connectivity index (χ0) is 15.1. The van der Waals surface area contributed by atoms with Crippen LogP contribution in [0.2, 0.25) is 0 Å². The molecule has 0 saturated carbocycles. The minimum absolute atomic E-state index is 0.242. The molecule has 0 amide bonds. The Kier molecular flexibility index (Phi) is 8.31. The van der Waals surface area contributed by atoms with Crippen molar-refractivity contribution in [2.75, 3.05) is 6.61 Å². The second-order valence-electron chi connectivity index (χ2n) is 6.39. The van der Waals surface area contributed by atoms with Crippen LogP contribution in [0.15, 0.2) is 0 Å². The summed E-state index contributed by atoms with van der Waals surface area (Å²) in [4.78, 5) is 12.2. The molecule has 0 rings (SSSR count). The molecule has 1 unspecified atom stereocenters. The van der Waals surface area contributed by atoms with Crippen molar-refractivity contribution in [3.05, 3.63) is 0 Å². The van der Waals surface area contributed by atoms with E-state index in [4.69, 9.17) is 4.74 Å². The standard InChI is InChI=1S/C16H32O3/c1-7-9-14(15(17)19-8-2)16(18,10-12(3)4)11-13(5)6/h12-14,18H,7-11H2,1-6H3. The summed E-state index contributed by atoms with van der Waals surface area (Å²) in [6, 6.07) is 0. The topological polar surface area (TPSA) is 46.5 Å². The molecule has 0 heterocycles. The average molecular weight is 272 g/mol. The third kappa shape index (κ3) is 6.42. The minimum atomic E-state index is -0.940. The smallest absolute Gasteiger partial charge is 0.311 e. The van der Waals surface area contributed by atoms with E-state index in [1.807, 2.05) is 13.8 Å². The van der Waals surface area contributed by atoms with E-state index in [9.17, 15) is 9.90 Å². The number of carbonyl (C=O) groups is 1. The van der Waals surface area contributed by atoms with Gasteiger partial charge in [0.2, 0.25) is 0 Å². The van der Waals surface area contributed by atoms with Crippen molar-refractivity contribution in [3.63, 3.8) is 0 Å². The van der Waals surface area contributed by atoms with Crippen LogP contribution >= 0.6 is 0 Å². The molecular weight excluding hydrogens is 240 g/mol. The molecule has 0 aliphatic rings. The summed E-state index contributed by atoms with van der Waals surface area (Å²) >= 11 is 0. The summed E-state index contributed by atoms with van der Waals surface area (Å²) in [6.07, 6.45) is 2.86. The molecule has 0 aromatic rings. The number of aliphatic hydroxyl groups is 1. The van der Waals surface area contributed by atoms with Crippen molar-refractivity contribution in [1.29, 1.82) is 0 Å². The Bertz CT molecular complexity index is 249. The molecule has 19 heavy (non-hydrogen) atoms. The fourth-order valence-corrected chi connectivity index (χ4v) is 2.92. The zero-order valence-electron chi connectivity index (χ0n) is 13.5. The van der Waals surface area contributed by atoms with Gasteiger partial charge in [0.05, 0.1) is 18.1 Å². The number of rotatable bonds is 9. The van der Waals surface area contributed by atoms with E-state index < -0.39 is 11.5 Å². The van der Waals surface area contributed by atoms with Crippen LogP contribution in [0.25, 0.3) is 0 Å². The van der Waals surface area contributed by atoms with E-state index in [0.717, 1.165) is 6.42 Å². The second kappa shape index (κ2) is 8.57. The van der Waals surface area contributed by atoms with E-state index in [1.54, 1.807) is 0 Å². The van der Waals surface area contributed by atoms with Gasteiger partial charge in [-0.05, 0) is 38.0 Å². The molecule has 0 bridgehead atoms. The highest BCUT2D eigenvalue weighted by Gasteiger charge is 2.42. The maximum atomic E-state index is 12.2. The van der Waals surface area contributed by atoms with Crippen molar-refractivity contribution in [3.8, 4) is 0 Å². The largest absolute Gasteiger partial charge is 0.466 e. The molecule has 3 heteroatoms. The molecule has 114 valence electrons. The summed E-state index contributed by atoms with van der Waals surface area (Å²) in [5.41, 5.74) is -0.940. The van der Waals surface area contributed by atoms with E-state index in [0.29, 0.717) is 37.7 Å². The molecule has 0 aromatic heterocycles. The predicted octanol–water partition coefficient (Wildman–Crippen LogP) is 3.79. The predicted molar refractivity (Wildman–Crippen MR) is 78.9 cm³/mol. The highest BCUT2D eigenvalue weighted by atomic mass is 16.5. The molecule has 0 aromatic carbocycles. The lowest BCUT2D eigenvalue weighted by Crippen LogP contribution is -2.45. The summed E-state index contributed by atoms with van der Waals surface area (Å²) in [5, 5.41) is 11.0. The maximum Gasteiger partial charge on any atom is 0.311 e. The summed E-state index contributed by atoms with van der Waals surface area (Å²) < 4.78 is 5.17. The number of esters is 1. The molecule has 0 aliphatic carbocycles. The molecular formula is C16H32O3. The van der Waals surface area contributed by atoms with Gasteiger partial charge >= 0.3 is 5.97 Å². The normalized spacial score (nSPS) is 13.9. The average Bonchev–Trinajstić information content (AvgIpc) is 2.23. The Morgan fingerprint density at radius 1 is 1.11 bits per heavy atom. The van der Waals surface area contributed by atoms with E-state index in [2.05, 4.69) is 27.7 Å². The van der Waals surface area contributed by atoms with Gasteiger partial charge < -0.3 is 9.84 Å². The van der Waals surface area contributed by atoms with Crippen LogP contribution in [0.5, 0.6) is 0 Å². The summed E-state index contributed by atoms with van der Waals surface area (Å²) in [5.74, 6) is 0.0745. The Labute approximate surface area is 118 Å². The Balaban J connectivity index is 5.16. The van der Waals surface area contributed by atoms with Gasteiger partial charge in [-0.2, -0.15) is 0 Å².